The summed E-state index contributed by atoms with van der Waals surface area (Å²) < 4.78 is 0. The standard InChI is InChI=1S/C14H19N3O3.ClH/c1-16(14(18)10-6-7-12(15)8-10)9-11-4-2-3-5-13(11)17(19)20;/h2-5,10,12H,6-9,15H2,1H3;1H. The lowest BCUT2D eigenvalue weighted by molar-refractivity contribution is -0.385. The van der Waals surface area contributed by atoms with Crippen LogP contribution in [0.15, 0.2) is 24.3 Å². The maximum Gasteiger partial charge on any atom is 0.274 e. The minimum Gasteiger partial charge on any atom is -0.341 e. The van der Waals surface area contributed by atoms with Crippen molar-refractivity contribution in [3.63, 3.8) is 0 Å². The van der Waals surface area contributed by atoms with E-state index < -0.39 is 4.92 Å². The predicted octanol–water partition coefficient (Wildman–Crippen LogP) is 2.10. The Morgan fingerprint density at radius 3 is 2.67 bits per heavy atom. The topological polar surface area (TPSA) is 89.5 Å². The van der Waals surface area contributed by atoms with Gasteiger partial charge in [-0.2, -0.15) is 0 Å². The molecule has 21 heavy (non-hydrogen) atoms. The van der Waals surface area contributed by atoms with E-state index in [9.17, 15) is 14.9 Å². The molecule has 1 aliphatic carbocycles. The number of hydrogen-bond donors (Lipinski definition) is 1. The Bertz CT molecular complexity index is 524. The van der Waals surface area contributed by atoms with Crippen LogP contribution in [0.1, 0.15) is 24.8 Å². The number of nitro benzene ring substituents is 1. The lowest BCUT2D eigenvalue weighted by Gasteiger charge is -2.21. The van der Waals surface area contributed by atoms with Crippen molar-refractivity contribution in [1.29, 1.82) is 0 Å². The van der Waals surface area contributed by atoms with E-state index in [4.69, 9.17) is 5.73 Å². The van der Waals surface area contributed by atoms with Gasteiger partial charge >= 0.3 is 0 Å². The van der Waals surface area contributed by atoms with Crippen molar-refractivity contribution in [3.8, 4) is 0 Å². The number of carbonyl (C=O) groups excluding carboxylic acids is 1. The number of nitrogens with zero attached hydrogens (tertiary/aromatic N) is 2. The number of para-hydroxylation sites is 1. The molecule has 0 bridgehead atoms. The molecule has 1 saturated carbocycles. The van der Waals surface area contributed by atoms with Gasteiger partial charge in [0, 0.05) is 30.6 Å². The number of rotatable bonds is 4. The number of amides is 1. The van der Waals surface area contributed by atoms with Crippen LogP contribution >= 0.6 is 12.4 Å². The monoisotopic (exact) mass is 313 g/mol. The van der Waals surface area contributed by atoms with Crippen LogP contribution in [0.5, 0.6) is 0 Å². The third-order valence-corrected chi connectivity index (χ3v) is 3.79. The summed E-state index contributed by atoms with van der Waals surface area (Å²) in [7, 11) is 1.68. The van der Waals surface area contributed by atoms with E-state index in [0.717, 1.165) is 12.8 Å². The average Bonchev–Trinajstić information content (AvgIpc) is 2.84. The fraction of sp³-hybridized carbons (Fsp3) is 0.500. The predicted molar refractivity (Wildman–Crippen MR) is 82.1 cm³/mol. The molecule has 1 amide bonds. The molecule has 1 aliphatic rings. The molecule has 1 aromatic carbocycles. The van der Waals surface area contributed by atoms with Crippen LogP contribution < -0.4 is 5.73 Å². The van der Waals surface area contributed by atoms with Crippen LogP contribution in [-0.4, -0.2) is 28.8 Å². The fourth-order valence-electron chi connectivity index (χ4n) is 2.71. The third kappa shape index (κ3) is 4.15. The van der Waals surface area contributed by atoms with E-state index in [1.807, 2.05) is 0 Å². The molecule has 6 nitrogen and oxygen atoms in total. The second kappa shape index (κ2) is 7.38. The van der Waals surface area contributed by atoms with Gasteiger partial charge in [0.25, 0.3) is 5.69 Å². The second-order valence-corrected chi connectivity index (χ2v) is 5.35. The van der Waals surface area contributed by atoms with Crippen molar-refractivity contribution in [2.24, 2.45) is 11.7 Å². The molecule has 1 aromatic rings. The number of benzene rings is 1. The molecule has 1 fully saturated rings. The zero-order chi connectivity index (χ0) is 14.7. The van der Waals surface area contributed by atoms with Gasteiger partial charge in [0.05, 0.1) is 11.5 Å². The minimum absolute atomic E-state index is 0. The maximum absolute atomic E-state index is 12.3. The first-order valence-electron chi connectivity index (χ1n) is 6.72. The molecule has 2 unspecified atom stereocenters. The van der Waals surface area contributed by atoms with Gasteiger partial charge < -0.3 is 10.6 Å². The van der Waals surface area contributed by atoms with Crippen LogP contribution in [0.25, 0.3) is 0 Å². The number of hydrogen-bond acceptors (Lipinski definition) is 4. The van der Waals surface area contributed by atoms with Crippen molar-refractivity contribution in [2.45, 2.75) is 31.8 Å². The molecular weight excluding hydrogens is 294 g/mol. The molecule has 7 heteroatoms. The molecular formula is C14H20ClN3O3. The van der Waals surface area contributed by atoms with Gasteiger partial charge in [-0.05, 0) is 19.3 Å². The smallest absolute Gasteiger partial charge is 0.274 e. The Hall–Kier alpha value is -1.66. The van der Waals surface area contributed by atoms with Crippen molar-refractivity contribution in [3.05, 3.63) is 39.9 Å². The summed E-state index contributed by atoms with van der Waals surface area (Å²) in [6, 6.07) is 6.61. The van der Waals surface area contributed by atoms with Crippen molar-refractivity contribution in [2.75, 3.05) is 7.05 Å². The van der Waals surface area contributed by atoms with E-state index >= 15 is 0 Å². The van der Waals surface area contributed by atoms with E-state index in [2.05, 4.69) is 0 Å². The maximum atomic E-state index is 12.3. The molecule has 0 radical (unpaired) electrons. The zero-order valence-electron chi connectivity index (χ0n) is 11.9. The van der Waals surface area contributed by atoms with E-state index in [-0.39, 0.29) is 42.5 Å². The largest absolute Gasteiger partial charge is 0.341 e. The normalized spacial score (nSPS) is 20.7. The molecule has 0 aromatic heterocycles. The number of halogens is 1. The van der Waals surface area contributed by atoms with Gasteiger partial charge in [0.1, 0.15) is 0 Å². The SMILES string of the molecule is CN(Cc1ccccc1[N+](=O)[O-])C(=O)C1CCC(N)C1.Cl. The number of nitrogens with two attached hydrogens (primary N) is 1. The van der Waals surface area contributed by atoms with Crippen LogP contribution in [-0.2, 0) is 11.3 Å². The minimum atomic E-state index is -0.418. The van der Waals surface area contributed by atoms with Gasteiger partial charge in [-0.1, -0.05) is 18.2 Å². The molecule has 0 heterocycles. The first kappa shape index (κ1) is 17.4. The summed E-state index contributed by atoms with van der Waals surface area (Å²) >= 11 is 0. The average molecular weight is 314 g/mol. The van der Waals surface area contributed by atoms with Crippen molar-refractivity contribution >= 4 is 24.0 Å². The second-order valence-electron chi connectivity index (χ2n) is 5.35. The fourth-order valence-corrected chi connectivity index (χ4v) is 2.71. The quantitative estimate of drug-likeness (QED) is 0.681. The lowest BCUT2D eigenvalue weighted by Crippen LogP contribution is -2.32. The lowest BCUT2D eigenvalue weighted by atomic mass is 10.1. The Morgan fingerprint density at radius 1 is 1.43 bits per heavy atom. The van der Waals surface area contributed by atoms with E-state index in [0.29, 0.717) is 12.0 Å². The van der Waals surface area contributed by atoms with Gasteiger partial charge in [0.2, 0.25) is 5.91 Å². The van der Waals surface area contributed by atoms with Crippen molar-refractivity contribution < 1.29 is 9.72 Å². The summed E-state index contributed by atoms with van der Waals surface area (Å²) in [5.41, 5.74) is 6.42. The highest BCUT2D eigenvalue weighted by atomic mass is 35.5. The molecule has 116 valence electrons. The Kier molecular flexibility index (Phi) is 6.11. The molecule has 2 atom stereocenters. The van der Waals surface area contributed by atoms with Gasteiger partial charge in [0.15, 0.2) is 0 Å². The number of carbonyl (C=O) groups is 1. The molecule has 2 rings (SSSR count). The first-order valence-corrected chi connectivity index (χ1v) is 6.72. The molecule has 0 spiro atoms. The summed E-state index contributed by atoms with van der Waals surface area (Å²) in [6.07, 6.45) is 2.39. The Labute approximate surface area is 129 Å². The summed E-state index contributed by atoms with van der Waals surface area (Å²) in [6.45, 7) is 0.252. The van der Waals surface area contributed by atoms with E-state index in [1.54, 1.807) is 30.1 Å². The Morgan fingerprint density at radius 2 is 2.10 bits per heavy atom. The van der Waals surface area contributed by atoms with Gasteiger partial charge in [-0.25, -0.2) is 0 Å². The first-order chi connectivity index (χ1) is 9.49. The number of nitro groups is 1. The van der Waals surface area contributed by atoms with Crippen molar-refractivity contribution in [1.82, 2.24) is 4.90 Å². The summed E-state index contributed by atoms with van der Waals surface area (Å²) in [5.74, 6) is -0.0196. The highest BCUT2D eigenvalue weighted by molar-refractivity contribution is 5.85. The van der Waals surface area contributed by atoms with Crippen LogP contribution in [0.4, 0.5) is 5.69 Å². The van der Waals surface area contributed by atoms with Gasteiger partial charge in [-0.3, -0.25) is 14.9 Å². The van der Waals surface area contributed by atoms with Crippen LogP contribution in [0, 0.1) is 16.0 Å². The molecule has 0 aliphatic heterocycles. The highest BCUT2D eigenvalue weighted by Crippen LogP contribution is 2.27. The Balaban J connectivity index is 0.00000220. The molecule has 2 N–H and O–H groups in total. The van der Waals surface area contributed by atoms with Crippen LogP contribution in [0.3, 0.4) is 0 Å². The van der Waals surface area contributed by atoms with E-state index in [1.165, 1.54) is 6.07 Å². The summed E-state index contributed by atoms with van der Waals surface area (Å²) in [5, 5.41) is 11.0. The van der Waals surface area contributed by atoms with Gasteiger partial charge in [-0.15, -0.1) is 12.4 Å². The summed E-state index contributed by atoms with van der Waals surface area (Å²) in [4.78, 5) is 24.4. The zero-order valence-corrected chi connectivity index (χ0v) is 12.7. The third-order valence-electron chi connectivity index (χ3n) is 3.79. The molecule has 0 saturated heterocycles. The van der Waals surface area contributed by atoms with Crippen LogP contribution in [0.2, 0.25) is 0 Å². The highest BCUT2D eigenvalue weighted by Gasteiger charge is 2.30.